The van der Waals surface area contributed by atoms with Gasteiger partial charge in [0.25, 0.3) is 0 Å². The normalized spacial score (nSPS) is 23.1. The molecule has 1 saturated heterocycles. The number of rotatable bonds is 4. The van der Waals surface area contributed by atoms with Crippen molar-refractivity contribution in [1.29, 1.82) is 0 Å². The molecule has 0 aromatic heterocycles. The third-order valence-corrected chi connectivity index (χ3v) is 3.08. The molecule has 3 nitrogen and oxygen atoms in total. The highest BCUT2D eigenvalue weighted by Crippen LogP contribution is 2.13. The number of piperazine rings is 1. The Kier molecular flexibility index (Phi) is 8.90. The van der Waals surface area contributed by atoms with Crippen LogP contribution in [0.4, 0.5) is 0 Å². The fourth-order valence-corrected chi connectivity index (χ4v) is 2.24. The van der Waals surface area contributed by atoms with Gasteiger partial charge in [0, 0.05) is 38.8 Å². The highest BCUT2D eigenvalue weighted by atomic mass is 16.5. The van der Waals surface area contributed by atoms with Crippen LogP contribution < -0.4 is 0 Å². The Bertz CT molecular complexity index is 162. The molecule has 0 amide bonds. The number of methoxy groups -OCH3 is 1. The third kappa shape index (κ3) is 4.81. The van der Waals surface area contributed by atoms with Crippen molar-refractivity contribution in [3.63, 3.8) is 0 Å². The molecule has 1 unspecified atom stereocenters. The van der Waals surface area contributed by atoms with Crippen LogP contribution in [0.5, 0.6) is 0 Å². The summed E-state index contributed by atoms with van der Waals surface area (Å²) < 4.78 is 5.29. The zero-order valence-electron chi connectivity index (χ0n) is 12.0. The molecule has 0 saturated carbocycles. The van der Waals surface area contributed by atoms with Crippen LogP contribution in [0.25, 0.3) is 0 Å². The number of likely N-dealkylation sites (N-methyl/N-ethyl adjacent to an activating group) is 1. The van der Waals surface area contributed by atoms with Crippen LogP contribution in [0.1, 0.15) is 34.6 Å². The maximum absolute atomic E-state index is 5.29. The molecular weight excluding hydrogens is 200 g/mol. The highest BCUT2D eigenvalue weighted by Gasteiger charge is 2.27. The predicted molar refractivity (Wildman–Crippen MR) is 71.0 cm³/mol. The minimum Gasteiger partial charge on any atom is -0.383 e. The van der Waals surface area contributed by atoms with Crippen LogP contribution in [-0.2, 0) is 4.74 Å². The van der Waals surface area contributed by atoms with E-state index >= 15 is 0 Å². The molecule has 0 aromatic rings. The van der Waals surface area contributed by atoms with E-state index in [-0.39, 0.29) is 0 Å². The van der Waals surface area contributed by atoms with Gasteiger partial charge < -0.3 is 9.64 Å². The largest absolute Gasteiger partial charge is 0.383 e. The average Bonchev–Trinajstić information content (AvgIpc) is 2.31. The fraction of sp³-hybridized carbons (Fsp3) is 1.00. The van der Waals surface area contributed by atoms with Crippen LogP contribution >= 0.6 is 0 Å². The van der Waals surface area contributed by atoms with Crippen LogP contribution in [0.3, 0.4) is 0 Å². The summed E-state index contributed by atoms with van der Waals surface area (Å²) in [6, 6.07) is 1.21. The number of nitrogens with zero attached hydrogens (tertiary/aromatic N) is 2. The summed E-state index contributed by atoms with van der Waals surface area (Å²) in [7, 11) is 1.80. The van der Waals surface area contributed by atoms with E-state index < -0.39 is 0 Å². The van der Waals surface area contributed by atoms with Crippen molar-refractivity contribution in [3.8, 4) is 0 Å². The lowest BCUT2D eigenvalue weighted by Crippen LogP contribution is -2.56. The second-order valence-corrected chi connectivity index (χ2v) is 4.33. The summed E-state index contributed by atoms with van der Waals surface area (Å²) in [5.74, 6) is 0. The summed E-state index contributed by atoms with van der Waals surface area (Å²) in [5, 5.41) is 0. The third-order valence-electron chi connectivity index (χ3n) is 3.08. The summed E-state index contributed by atoms with van der Waals surface area (Å²) in [6.07, 6.45) is 0. The Hall–Kier alpha value is -0.120. The molecule has 0 N–H and O–H groups in total. The van der Waals surface area contributed by atoms with E-state index in [1.807, 2.05) is 13.8 Å². The smallest absolute Gasteiger partial charge is 0.0630 e. The summed E-state index contributed by atoms with van der Waals surface area (Å²) in [6.45, 7) is 16.3. The summed E-state index contributed by atoms with van der Waals surface area (Å²) in [5.41, 5.74) is 0. The first-order chi connectivity index (χ1) is 7.69. The van der Waals surface area contributed by atoms with Gasteiger partial charge in [0.1, 0.15) is 0 Å². The van der Waals surface area contributed by atoms with Gasteiger partial charge in [-0.25, -0.2) is 0 Å². The van der Waals surface area contributed by atoms with E-state index in [1.54, 1.807) is 7.11 Å². The second-order valence-electron chi connectivity index (χ2n) is 4.33. The van der Waals surface area contributed by atoms with Gasteiger partial charge in [0.15, 0.2) is 0 Å². The minimum absolute atomic E-state index is 0.577. The Labute approximate surface area is 102 Å². The van der Waals surface area contributed by atoms with E-state index in [0.717, 1.165) is 19.7 Å². The van der Waals surface area contributed by atoms with Crippen LogP contribution in [0.2, 0.25) is 0 Å². The molecule has 0 bridgehead atoms. The van der Waals surface area contributed by atoms with Gasteiger partial charge in [-0.3, -0.25) is 4.90 Å². The van der Waals surface area contributed by atoms with Crippen molar-refractivity contribution in [2.75, 3.05) is 39.9 Å². The van der Waals surface area contributed by atoms with Crippen LogP contribution in [-0.4, -0.2) is 61.8 Å². The molecule has 16 heavy (non-hydrogen) atoms. The Balaban J connectivity index is 0.00000106. The maximum atomic E-state index is 5.29. The zero-order valence-corrected chi connectivity index (χ0v) is 12.0. The van der Waals surface area contributed by atoms with Crippen molar-refractivity contribution < 1.29 is 4.74 Å². The van der Waals surface area contributed by atoms with Crippen LogP contribution in [0, 0.1) is 0 Å². The quantitative estimate of drug-likeness (QED) is 0.735. The SMILES string of the molecule is CC.CCN1CCN(C(C)C)C(COC)C1. The summed E-state index contributed by atoms with van der Waals surface area (Å²) in [4.78, 5) is 5.05. The van der Waals surface area contributed by atoms with Gasteiger partial charge in [0.2, 0.25) is 0 Å². The zero-order chi connectivity index (χ0) is 12.6. The molecular formula is C13H30N2O. The van der Waals surface area contributed by atoms with Crippen molar-refractivity contribution in [2.45, 2.75) is 46.7 Å². The molecule has 3 heteroatoms. The van der Waals surface area contributed by atoms with Crippen molar-refractivity contribution in [2.24, 2.45) is 0 Å². The molecule has 0 spiro atoms. The number of hydrogen-bond donors (Lipinski definition) is 0. The van der Waals surface area contributed by atoms with Gasteiger partial charge in [-0.05, 0) is 20.4 Å². The van der Waals surface area contributed by atoms with E-state index in [9.17, 15) is 0 Å². The molecule has 1 fully saturated rings. The molecule has 0 aliphatic carbocycles. The van der Waals surface area contributed by atoms with Gasteiger partial charge in [-0.1, -0.05) is 20.8 Å². The van der Waals surface area contributed by atoms with Crippen molar-refractivity contribution in [3.05, 3.63) is 0 Å². The lowest BCUT2D eigenvalue weighted by molar-refractivity contribution is 0.0101. The summed E-state index contributed by atoms with van der Waals surface area (Å²) >= 11 is 0. The molecule has 1 atom stereocenters. The molecule has 1 heterocycles. The van der Waals surface area contributed by atoms with Crippen molar-refractivity contribution in [1.82, 2.24) is 9.80 Å². The topological polar surface area (TPSA) is 15.7 Å². The van der Waals surface area contributed by atoms with Crippen molar-refractivity contribution >= 4 is 0 Å². The first-order valence-electron chi connectivity index (χ1n) is 6.66. The predicted octanol–water partition coefficient (Wildman–Crippen LogP) is 2.07. The fourth-order valence-electron chi connectivity index (χ4n) is 2.24. The van der Waals surface area contributed by atoms with E-state index in [4.69, 9.17) is 4.74 Å². The first kappa shape index (κ1) is 15.9. The monoisotopic (exact) mass is 230 g/mol. The highest BCUT2D eigenvalue weighted by molar-refractivity contribution is 4.83. The number of hydrogen-bond acceptors (Lipinski definition) is 3. The van der Waals surface area contributed by atoms with E-state index in [2.05, 4.69) is 30.6 Å². The molecule has 1 aliphatic heterocycles. The van der Waals surface area contributed by atoms with Gasteiger partial charge in [-0.2, -0.15) is 0 Å². The average molecular weight is 230 g/mol. The molecule has 98 valence electrons. The van der Waals surface area contributed by atoms with E-state index in [0.29, 0.717) is 12.1 Å². The van der Waals surface area contributed by atoms with Gasteiger partial charge in [0.05, 0.1) is 6.61 Å². The maximum Gasteiger partial charge on any atom is 0.0630 e. The van der Waals surface area contributed by atoms with Gasteiger partial charge >= 0.3 is 0 Å². The van der Waals surface area contributed by atoms with Crippen LogP contribution in [0.15, 0.2) is 0 Å². The number of ether oxygens (including phenoxy) is 1. The lowest BCUT2D eigenvalue weighted by atomic mass is 10.1. The lowest BCUT2D eigenvalue weighted by Gasteiger charge is -2.43. The molecule has 0 radical (unpaired) electrons. The molecule has 0 aromatic carbocycles. The van der Waals surface area contributed by atoms with Gasteiger partial charge in [-0.15, -0.1) is 0 Å². The molecule has 1 rings (SSSR count). The first-order valence-corrected chi connectivity index (χ1v) is 6.66. The van der Waals surface area contributed by atoms with E-state index in [1.165, 1.54) is 13.1 Å². The molecule has 1 aliphatic rings. The Morgan fingerprint density at radius 2 is 1.88 bits per heavy atom. The Morgan fingerprint density at radius 3 is 2.31 bits per heavy atom. The standard InChI is InChI=1S/C11H24N2O.C2H6/c1-5-12-6-7-13(10(2)3)11(8-12)9-14-4;1-2/h10-11H,5-9H2,1-4H3;1-2H3. The minimum atomic E-state index is 0.577. The Morgan fingerprint density at radius 1 is 1.25 bits per heavy atom. The second kappa shape index (κ2) is 8.97.